The summed E-state index contributed by atoms with van der Waals surface area (Å²) in [6.07, 6.45) is 0. The number of hydrogen-bond donors (Lipinski definition) is 1. The third-order valence-electron chi connectivity index (χ3n) is 5.70. The van der Waals surface area contributed by atoms with Crippen LogP contribution in [0, 0.1) is 6.92 Å². The fraction of sp³-hybridized carbons (Fsp3) is 0.0800. The molecule has 0 fully saturated rings. The van der Waals surface area contributed by atoms with Gasteiger partial charge < -0.3 is 14.2 Å². The topological polar surface area (TPSA) is 55.4 Å². The molecule has 0 unspecified atom stereocenters. The minimum atomic E-state index is -0.345. The number of rotatable bonds is 1. The van der Waals surface area contributed by atoms with Crippen LogP contribution in [0.3, 0.4) is 0 Å². The molecule has 4 heteroatoms. The van der Waals surface area contributed by atoms with Gasteiger partial charge >= 0.3 is 5.63 Å². The van der Waals surface area contributed by atoms with Crippen LogP contribution in [0.2, 0.25) is 0 Å². The van der Waals surface area contributed by atoms with Gasteiger partial charge in [-0.1, -0.05) is 42.5 Å². The van der Waals surface area contributed by atoms with Crippen molar-refractivity contribution in [3.05, 3.63) is 106 Å². The number of para-hydroxylation sites is 1. The lowest BCUT2D eigenvalue weighted by molar-refractivity contribution is 0.470. The Bertz CT molecular complexity index is 1480. The summed E-state index contributed by atoms with van der Waals surface area (Å²) in [7, 11) is 0. The number of aryl methyl sites for hydroxylation is 1. The van der Waals surface area contributed by atoms with Gasteiger partial charge in [0.1, 0.15) is 17.1 Å². The van der Waals surface area contributed by atoms with Crippen LogP contribution in [0.15, 0.2) is 86.4 Å². The van der Waals surface area contributed by atoms with E-state index in [1.165, 1.54) is 0 Å². The van der Waals surface area contributed by atoms with Gasteiger partial charge in [0.25, 0.3) is 0 Å². The molecule has 1 aliphatic rings. The van der Waals surface area contributed by atoms with Crippen molar-refractivity contribution >= 4 is 33.1 Å². The Hall–Kier alpha value is -3.79. The van der Waals surface area contributed by atoms with Gasteiger partial charge in [0.05, 0.1) is 17.2 Å². The second-order valence-corrected chi connectivity index (χ2v) is 7.43. The van der Waals surface area contributed by atoms with E-state index in [0.717, 1.165) is 44.6 Å². The van der Waals surface area contributed by atoms with Crippen molar-refractivity contribution < 1.29 is 8.83 Å². The van der Waals surface area contributed by atoms with Crippen molar-refractivity contribution in [2.24, 2.45) is 0 Å². The summed E-state index contributed by atoms with van der Waals surface area (Å²) in [4.78, 5) is 13.2. The number of benzene rings is 3. The molecular weight excluding hydrogens is 362 g/mol. The van der Waals surface area contributed by atoms with Gasteiger partial charge in [-0.05, 0) is 53.6 Å². The standard InChI is InChI=1S/C25H17NO3/c1-14-10-13-20(28-14)22-21-16-7-3-2-6-15(16)11-12-18(21)26-24-17-8-4-5-9-19(17)29-25(27)23(22)24/h2-13,22,26H,1H3/t22-/m0/s1. The number of furan rings is 1. The van der Waals surface area contributed by atoms with Gasteiger partial charge in [0.2, 0.25) is 0 Å². The van der Waals surface area contributed by atoms with E-state index in [0.29, 0.717) is 11.1 Å². The van der Waals surface area contributed by atoms with Crippen molar-refractivity contribution in [2.75, 3.05) is 5.32 Å². The van der Waals surface area contributed by atoms with E-state index >= 15 is 0 Å². The summed E-state index contributed by atoms with van der Waals surface area (Å²) in [6.45, 7) is 1.92. The van der Waals surface area contributed by atoms with Crippen molar-refractivity contribution in [1.82, 2.24) is 0 Å². The third kappa shape index (κ3) is 2.29. The van der Waals surface area contributed by atoms with Gasteiger partial charge in [-0.15, -0.1) is 0 Å². The molecule has 0 saturated heterocycles. The predicted octanol–water partition coefficient (Wildman–Crippen LogP) is 6.08. The first kappa shape index (κ1) is 16.2. The minimum absolute atomic E-state index is 0.344. The van der Waals surface area contributed by atoms with Crippen LogP contribution in [0.1, 0.15) is 28.6 Å². The average Bonchev–Trinajstić information content (AvgIpc) is 3.18. The van der Waals surface area contributed by atoms with Crippen LogP contribution in [0.5, 0.6) is 0 Å². The van der Waals surface area contributed by atoms with Crippen molar-refractivity contribution in [3.8, 4) is 0 Å². The minimum Gasteiger partial charge on any atom is -0.465 e. The third-order valence-corrected chi connectivity index (χ3v) is 5.70. The summed E-state index contributed by atoms with van der Waals surface area (Å²) in [5.74, 6) is 1.21. The van der Waals surface area contributed by atoms with Gasteiger partial charge in [-0.3, -0.25) is 0 Å². The highest BCUT2D eigenvalue weighted by Crippen LogP contribution is 2.48. The molecule has 3 aromatic carbocycles. The molecule has 2 aromatic heterocycles. The number of fused-ring (bicyclic) bond motifs is 6. The maximum atomic E-state index is 13.2. The van der Waals surface area contributed by atoms with Crippen LogP contribution in [0.4, 0.5) is 11.4 Å². The molecule has 140 valence electrons. The highest BCUT2D eigenvalue weighted by Gasteiger charge is 2.35. The summed E-state index contributed by atoms with van der Waals surface area (Å²) in [5, 5.41) is 6.62. The Kier molecular flexibility index (Phi) is 3.27. The quantitative estimate of drug-likeness (QED) is 0.352. The monoisotopic (exact) mass is 379 g/mol. The van der Waals surface area contributed by atoms with E-state index in [-0.39, 0.29) is 11.5 Å². The number of nitrogens with one attached hydrogen (secondary N) is 1. The molecule has 0 aliphatic carbocycles. The van der Waals surface area contributed by atoms with E-state index in [1.54, 1.807) is 0 Å². The van der Waals surface area contributed by atoms with E-state index in [2.05, 4.69) is 29.6 Å². The number of hydrogen-bond acceptors (Lipinski definition) is 4. The molecule has 0 spiro atoms. The lowest BCUT2D eigenvalue weighted by atomic mass is 9.81. The SMILES string of the molecule is Cc1ccc([C@@H]2c3c(c4ccccc4oc3=O)Nc3ccc4ccccc4c32)o1. The van der Waals surface area contributed by atoms with Crippen LogP contribution in [-0.2, 0) is 0 Å². The first-order chi connectivity index (χ1) is 14.2. The summed E-state index contributed by atoms with van der Waals surface area (Å²) in [5.41, 5.74) is 3.62. The second kappa shape index (κ2) is 5.85. The lowest BCUT2D eigenvalue weighted by Gasteiger charge is -2.29. The molecule has 1 atom stereocenters. The Morgan fingerprint density at radius 2 is 1.59 bits per heavy atom. The van der Waals surface area contributed by atoms with Gasteiger partial charge in [-0.25, -0.2) is 4.79 Å². The van der Waals surface area contributed by atoms with E-state index in [1.807, 2.05) is 55.5 Å². The molecule has 6 rings (SSSR count). The molecule has 29 heavy (non-hydrogen) atoms. The Morgan fingerprint density at radius 3 is 2.41 bits per heavy atom. The van der Waals surface area contributed by atoms with Crippen LogP contribution < -0.4 is 10.9 Å². The van der Waals surface area contributed by atoms with Crippen molar-refractivity contribution in [2.45, 2.75) is 12.8 Å². The first-order valence-electron chi connectivity index (χ1n) is 9.61. The lowest BCUT2D eigenvalue weighted by Crippen LogP contribution is -2.22. The van der Waals surface area contributed by atoms with Gasteiger partial charge in [-0.2, -0.15) is 0 Å². The summed E-state index contributed by atoms with van der Waals surface area (Å²) in [6, 6.07) is 23.9. The number of anilines is 2. The molecule has 1 aliphatic heterocycles. The molecule has 0 bridgehead atoms. The summed E-state index contributed by atoms with van der Waals surface area (Å²) < 4.78 is 11.8. The maximum Gasteiger partial charge on any atom is 0.342 e. The first-order valence-corrected chi connectivity index (χ1v) is 9.61. The Morgan fingerprint density at radius 1 is 0.793 bits per heavy atom. The predicted molar refractivity (Wildman–Crippen MR) is 114 cm³/mol. The maximum absolute atomic E-state index is 13.2. The Labute approximate surface area is 166 Å². The highest BCUT2D eigenvalue weighted by molar-refractivity contribution is 6.00. The largest absolute Gasteiger partial charge is 0.465 e. The van der Waals surface area contributed by atoms with Crippen LogP contribution in [-0.4, -0.2) is 0 Å². The molecule has 3 heterocycles. The van der Waals surface area contributed by atoms with E-state index < -0.39 is 0 Å². The van der Waals surface area contributed by atoms with Gasteiger partial charge in [0.15, 0.2) is 0 Å². The molecule has 4 nitrogen and oxygen atoms in total. The normalized spacial score (nSPS) is 15.1. The van der Waals surface area contributed by atoms with Crippen molar-refractivity contribution in [1.29, 1.82) is 0 Å². The molecule has 0 radical (unpaired) electrons. The van der Waals surface area contributed by atoms with Gasteiger partial charge in [0, 0.05) is 11.1 Å². The second-order valence-electron chi connectivity index (χ2n) is 7.43. The highest BCUT2D eigenvalue weighted by atomic mass is 16.4. The fourth-order valence-electron chi connectivity index (χ4n) is 4.45. The Balaban J connectivity index is 1.77. The molecule has 0 amide bonds. The van der Waals surface area contributed by atoms with E-state index in [9.17, 15) is 4.79 Å². The zero-order valence-electron chi connectivity index (χ0n) is 15.7. The smallest absolute Gasteiger partial charge is 0.342 e. The molecule has 5 aromatic rings. The zero-order valence-corrected chi connectivity index (χ0v) is 15.7. The van der Waals surface area contributed by atoms with Crippen LogP contribution in [0.25, 0.3) is 21.7 Å². The molecule has 0 saturated carbocycles. The summed E-state index contributed by atoms with van der Waals surface area (Å²) >= 11 is 0. The van der Waals surface area contributed by atoms with Crippen LogP contribution >= 0.6 is 0 Å². The molecular formula is C25H17NO3. The fourth-order valence-corrected chi connectivity index (χ4v) is 4.45. The van der Waals surface area contributed by atoms with Crippen molar-refractivity contribution in [3.63, 3.8) is 0 Å². The average molecular weight is 379 g/mol. The molecule has 1 N–H and O–H groups in total. The zero-order chi connectivity index (χ0) is 19.5. The van der Waals surface area contributed by atoms with E-state index in [4.69, 9.17) is 8.83 Å².